The highest BCUT2D eigenvalue weighted by atomic mass is 16.5. The molecule has 3 aromatic rings. The predicted molar refractivity (Wildman–Crippen MR) is 118 cm³/mol. The number of likely N-dealkylation sites (N-methyl/N-ethyl adjacent to an activating group) is 1. The lowest BCUT2D eigenvalue weighted by atomic mass is 10.1. The molecule has 3 rings (SSSR count). The molecule has 0 saturated carbocycles. The van der Waals surface area contributed by atoms with Gasteiger partial charge in [0, 0.05) is 5.56 Å². The number of methoxy groups -OCH3 is 2. The first-order chi connectivity index (χ1) is 14.6. The molecular weight excluding hydrogens is 378 g/mol. The average molecular weight is 409 g/mol. The molecule has 3 aromatic carbocycles. The molecule has 2 N–H and O–H groups in total. The second kappa shape index (κ2) is 10.7. The molecule has 5 nitrogen and oxygen atoms in total. The van der Waals surface area contributed by atoms with E-state index in [1.807, 2.05) is 60.7 Å². The van der Waals surface area contributed by atoms with E-state index < -0.39 is 6.10 Å². The molecule has 0 aliphatic rings. The van der Waals surface area contributed by atoms with Gasteiger partial charge in [-0.1, -0.05) is 42.5 Å². The molecule has 0 fully saturated rings. The molecule has 0 saturated heterocycles. The minimum Gasteiger partial charge on any atom is -0.493 e. The molecule has 30 heavy (non-hydrogen) atoms. The van der Waals surface area contributed by atoms with Crippen LogP contribution in [0.5, 0.6) is 17.2 Å². The minimum absolute atomic E-state index is 0.258. The summed E-state index contributed by atoms with van der Waals surface area (Å²) in [5, 5.41) is 10.4. The number of quaternary nitrogens is 1. The van der Waals surface area contributed by atoms with E-state index in [1.54, 1.807) is 14.2 Å². The van der Waals surface area contributed by atoms with Gasteiger partial charge in [0.25, 0.3) is 0 Å². The second-order valence-electron chi connectivity index (χ2n) is 7.38. The standard InChI is InChI=1S/C25H29NO4/c1-26(16-19-9-14-24(28-2)25(15-19)29-3)17-22(27)18-30-23-12-10-21(11-13-23)20-7-5-4-6-8-20/h4-15,22,27H,16-18H2,1-3H3/p+1/t22-/m0/s1. The van der Waals surface area contributed by atoms with Gasteiger partial charge in [0.2, 0.25) is 0 Å². The Kier molecular flexibility index (Phi) is 7.71. The molecule has 0 aliphatic carbocycles. The van der Waals surface area contributed by atoms with Crippen LogP contribution in [0.3, 0.4) is 0 Å². The van der Waals surface area contributed by atoms with Gasteiger partial charge in [0.1, 0.15) is 31.5 Å². The Balaban J connectivity index is 1.48. The summed E-state index contributed by atoms with van der Waals surface area (Å²) in [7, 11) is 5.31. The largest absolute Gasteiger partial charge is 0.493 e. The first-order valence-corrected chi connectivity index (χ1v) is 10.1. The zero-order valence-corrected chi connectivity index (χ0v) is 17.8. The Labute approximate surface area is 178 Å². The Bertz CT molecular complexity index is 912. The molecule has 1 unspecified atom stereocenters. The van der Waals surface area contributed by atoms with E-state index in [1.165, 1.54) is 10.5 Å². The van der Waals surface area contributed by atoms with E-state index >= 15 is 0 Å². The van der Waals surface area contributed by atoms with E-state index in [0.717, 1.165) is 23.4 Å². The monoisotopic (exact) mass is 408 g/mol. The maximum absolute atomic E-state index is 10.4. The summed E-state index contributed by atoms with van der Waals surface area (Å²) in [6.07, 6.45) is -0.557. The highest BCUT2D eigenvalue weighted by Crippen LogP contribution is 2.27. The topological polar surface area (TPSA) is 52.4 Å². The van der Waals surface area contributed by atoms with Crippen molar-refractivity contribution >= 4 is 0 Å². The molecule has 0 aliphatic heterocycles. The van der Waals surface area contributed by atoms with Crippen molar-refractivity contribution in [2.24, 2.45) is 0 Å². The number of rotatable bonds is 10. The summed E-state index contributed by atoms with van der Waals surface area (Å²) >= 11 is 0. The Hall–Kier alpha value is -3.02. The van der Waals surface area contributed by atoms with Crippen LogP contribution in [0.1, 0.15) is 5.56 Å². The average Bonchev–Trinajstić information content (AvgIpc) is 2.78. The summed E-state index contributed by atoms with van der Waals surface area (Å²) in [6.45, 7) is 1.60. The van der Waals surface area contributed by atoms with Crippen LogP contribution < -0.4 is 19.1 Å². The van der Waals surface area contributed by atoms with E-state index in [2.05, 4.69) is 19.2 Å². The number of hydrogen-bond acceptors (Lipinski definition) is 4. The van der Waals surface area contributed by atoms with E-state index in [4.69, 9.17) is 14.2 Å². The van der Waals surface area contributed by atoms with Crippen molar-refractivity contribution < 1.29 is 24.2 Å². The van der Waals surface area contributed by atoms with Crippen molar-refractivity contribution in [2.75, 3.05) is 34.4 Å². The van der Waals surface area contributed by atoms with Gasteiger partial charge in [0.05, 0.1) is 21.3 Å². The third-order valence-corrected chi connectivity index (χ3v) is 4.94. The van der Waals surface area contributed by atoms with Crippen LogP contribution in [0.4, 0.5) is 0 Å². The summed E-state index contributed by atoms with van der Waals surface area (Å²) in [4.78, 5) is 1.18. The summed E-state index contributed by atoms with van der Waals surface area (Å²) in [6, 6.07) is 24.1. The number of hydrogen-bond donors (Lipinski definition) is 2. The predicted octanol–water partition coefficient (Wildman–Crippen LogP) is 2.83. The van der Waals surface area contributed by atoms with Crippen LogP contribution in [0.25, 0.3) is 11.1 Å². The van der Waals surface area contributed by atoms with Gasteiger partial charge in [-0.25, -0.2) is 0 Å². The molecule has 0 radical (unpaired) electrons. The number of benzene rings is 3. The number of aliphatic hydroxyl groups is 1. The fourth-order valence-electron chi connectivity index (χ4n) is 3.44. The SMILES string of the molecule is COc1ccc(C[NH+](C)C[C@H](O)COc2ccc(-c3ccccc3)cc2)cc1OC. The molecule has 0 bridgehead atoms. The zero-order valence-electron chi connectivity index (χ0n) is 17.8. The van der Waals surface area contributed by atoms with Crippen molar-refractivity contribution in [1.29, 1.82) is 0 Å². The van der Waals surface area contributed by atoms with Crippen LogP contribution in [0.2, 0.25) is 0 Å². The summed E-state index contributed by atoms with van der Waals surface area (Å²) in [5.74, 6) is 2.18. The van der Waals surface area contributed by atoms with Crippen molar-refractivity contribution in [3.8, 4) is 28.4 Å². The van der Waals surface area contributed by atoms with Crippen LogP contribution in [0, 0.1) is 0 Å². The molecular formula is C25H30NO4+. The van der Waals surface area contributed by atoms with E-state index in [0.29, 0.717) is 18.0 Å². The fourth-order valence-corrected chi connectivity index (χ4v) is 3.44. The van der Waals surface area contributed by atoms with Gasteiger partial charge in [-0.05, 0) is 41.5 Å². The van der Waals surface area contributed by atoms with Crippen molar-refractivity contribution in [3.63, 3.8) is 0 Å². The van der Waals surface area contributed by atoms with Gasteiger partial charge >= 0.3 is 0 Å². The first-order valence-electron chi connectivity index (χ1n) is 10.1. The van der Waals surface area contributed by atoms with Crippen molar-refractivity contribution in [2.45, 2.75) is 12.6 Å². The highest BCUT2D eigenvalue weighted by Gasteiger charge is 2.14. The van der Waals surface area contributed by atoms with Gasteiger partial charge in [0.15, 0.2) is 11.5 Å². The lowest BCUT2D eigenvalue weighted by Crippen LogP contribution is -3.09. The first kappa shape index (κ1) is 21.7. The van der Waals surface area contributed by atoms with Crippen molar-refractivity contribution in [3.05, 3.63) is 78.4 Å². The highest BCUT2D eigenvalue weighted by molar-refractivity contribution is 5.63. The second-order valence-corrected chi connectivity index (χ2v) is 7.38. The fraction of sp³-hybridized carbons (Fsp3) is 0.280. The summed E-state index contributed by atoms with van der Waals surface area (Å²) in [5.41, 5.74) is 3.43. The minimum atomic E-state index is -0.557. The van der Waals surface area contributed by atoms with Crippen LogP contribution in [-0.2, 0) is 6.54 Å². The Morgan fingerprint density at radius 3 is 2.17 bits per heavy atom. The molecule has 5 heteroatoms. The third kappa shape index (κ3) is 5.99. The molecule has 0 heterocycles. The van der Waals surface area contributed by atoms with Crippen LogP contribution in [-0.4, -0.2) is 45.6 Å². The molecule has 158 valence electrons. The van der Waals surface area contributed by atoms with Crippen LogP contribution in [0.15, 0.2) is 72.8 Å². The Morgan fingerprint density at radius 1 is 0.833 bits per heavy atom. The Morgan fingerprint density at radius 2 is 1.50 bits per heavy atom. The van der Waals surface area contributed by atoms with E-state index in [9.17, 15) is 5.11 Å². The molecule has 0 amide bonds. The molecule has 0 spiro atoms. The normalized spacial score (nSPS) is 12.8. The van der Waals surface area contributed by atoms with Crippen LogP contribution >= 0.6 is 0 Å². The lowest BCUT2D eigenvalue weighted by molar-refractivity contribution is -0.897. The molecule has 2 atom stereocenters. The maximum atomic E-state index is 10.4. The van der Waals surface area contributed by atoms with E-state index in [-0.39, 0.29) is 6.61 Å². The van der Waals surface area contributed by atoms with Gasteiger partial charge in [-0.3, -0.25) is 0 Å². The third-order valence-electron chi connectivity index (χ3n) is 4.94. The van der Waals surface area contributed by atoms with Gasteiger partial charge < -0.3 is 24.2 Å². The quantitative estimate of drug-likeness (QED) is 0.542. The van der Waals surface area contributed by atoms with Crippen molar-refractivity contribution in [1.82, 2.24) is 0 Å². The molecule has 0 aromatic heterocycles. The smallest absolute Gasteiger partial charge is 0.161 e. The number of nitrogens with one attached hydrogen (secondary N) is 1. The van der Waals surface area contributed by atoms with Gasteiger partial charge in [-0.15, -0.1) is 0 Å². The summed E-state index contributed by atoms with van der Waals surface area (Å²) < 4.78 is 16.4. The zero-order chi connectivity index (χ0) is 21.3. The number of aliphatic hydroxyl groups excluding tert-OH is 1. The lowest BCUT2D eigenvalue weighted by Gasteiger charge is -2.19. The maximum Gasteiger partial charge on any atom is 0.161 e. The number of ether oxygens (including phenoxy) is 3. The van der Waals surface area contributed by atoms with Gasteiger partial charge in [-0.2, -0.15) is 0 Å².